The second-order valence-electron chi connectivity index (χ2n) is 8.41. The molecule has 0 bridgehead atoms. The van der Waals surface area contributed by atoms with Crippen molar-refractivity contribution in [2.45, 2.75) is 58.2 Å². The summed E-state index contributed by atoms with van der Waals surface area (Å²) in [6, 6.07) is 6.56. The van der Waals surface area contributed by atoms with Crippen LogP contribution in [0, 0.1) is 5.92 Å². The number of nitrogens with zero attached hydrogens (tertiary/aromatic N) is 2. The van der Waals surface area contributed by atoms with Crippen molar-refractivity contribution in [2.24, 2.45) is 5.92 Å². The third-order valence-electron chi connectivity index (χ3n) is 5.89. The molecule has 1 aliphatic rings. The molecule has 10 heteroatoms. The molecule has 1 fully saturated rings. The number of benzene rings is 1. The van der Waals surface area contributed by atoms with E-state index in [0.717, 1.165) is 32.1 Å². The number of carbonyl (C=O) groups excluding carboxylic acids is 2. The molecule has 0 radical (unpaired) electrons. The number of hydrogen-bond acceptors (Lipinski definition) is 4. The lowest BCUT2D eigenvalue weighted by Crippen LogP contribution is -2.35. The highest BCUT2D eigenvalue weighted by atomic mass is 19.4. The average Bonchev–Trinajstić information content (AvgIpc) is 3.27. The standard InChI is InChI=1S/C24H31F3N4O3/c1-2-34-19-10-8-18(9-11-19)22(32)28-13-14-29-23(33)20-16-31(30-21(20)24(25,26)27)15-12-17-6-4-3-5-7-17/h8-11,16-17H,2-7,12-15H2,1H3,(H,28,32)(H,29,33). The summed E-state index contributed by atoms with van der Waals surface area (Å²) in [5.74, 6) is -0.0926. The molecule has 0 spiro atoms. The summed E-state index contributed by atoms with van der Waals surface area (Å²) in [5, 5.41) is 8.72. The van der Waals surface area contributed by atoms with E-state index in [1.165, 1.54) is 17.3 Å². The Bertz CT molecular complexity index is 951. The topological polar surface area (TPSA) is 85.3 Å². The molecular formula is C24H31F3N4O3. The molecule has 1 aromatic heterocycles. The van der Waals surface area contributed by atoms with Crippen molar-refractivity contribution in [3.05, 3.63) is 47.3 Å². The zero-order valence-corrected chi connectivity index (χ0v) is 19.3. The molecule has 3 rings (SSSR count). The zero-order valence-electron chi connectivity index (χ0n) is 19.3. The fourth-order valence-electron chi connectivity index (χ4n) is 4.12. The Balaban J connectivity index is 1.51. The van der Waals surface area contributed by atoms with Gasteiger partial charge in [0.15, 0.2) is 5.69 Å². The van der Waals surface area contributed by atoms with Gasteiger partial charge in [0.1, 0.15) is 5.75 Å². The van der Waals surface area contributed by atoms with Crippen LogP contribution in [-0.2, 0) is 12.7 Å². The normalized spacial score (nSPS) is 14.6. The second-order valence-corrected chi connectivity index (χ2v) is 8.41. The van der Waals surface area contributed by atoms with Crippen molar-refractivity contribution < 1.29 is 27.5 Å². The van der Waals surface area contributed by atoms with E-state index in [4.69, 9.17) is 4.74 Å². The lowest BCUT2D eigenvalue weighted by atomic mass is 9.87. The van der Waals surface area contributed by atoms with Crippen LogP contribution in [0.15, 0.2) is 30.5 Å². The average molecular weight is 481 g/mol. The summed E-state index contributed by atoms with van der Waals surface area (Å²) < 4.78 is 46.9. The molecule has 1 aliphatic carbocycles. The van der Waals surface area contributed by atoms with Gasteiger partial charge < -0.3 is 15.4 Å². The minimum Gasteiger partial charge on any atom is -0.494 e. The van der Waals surface area contributed by atoms with Crippen molar-refractivity contribution >= 4 is 11.8 Å². The van der Waals surface area contributed by atoms with Gasteiger partial charge in [-0.1, -0.05) is 32.1 Å². The molecule has 0 unspecified atom stereocenters. The Morgan fingerprint density at radius 3 is 2.32 bits per heavy atom. The van der Waals surface area contributed by atoms with Crippen LogP contribution >= 0.6 is 0 Å². The van der Waals surface area contributed by atoms with Gasteiger partial charge in [-0.2, -0.15) is 18.3 Å². The largest absolute Gasteiger partial charge is 0.494 e. The molecule has 34 heavy (non-hydrogen) atoms. The first-order valence-corrected chi connectivity index (χ1v) is 11.7. The number of amides is 2. The van der Waals surface area contributed by atoms with Crippen LogP contribution in [0.1, 0.15) is 71.9 Å². The summed E-state index contributed by atoms with van der Waals surface area (Å²) in [5.41, 5.74) is -1.28. The predicted octanol–water partition coefficient (Wildman–Crippen LogP) is 4.43. The van der Waals surface area contributed by atoms with E-state index in [2.05, 4.69) is 15.7 Å². The molecule has 186 valence electrons. The predicted molar refractivity (Wildman–Crippen MR) is 121 cm³/mol. The maximum absolute atomic E-state index is 13.5. The molecule has 0 aliphatic heterocycles. The molecule has 0 saturated heterocycles. The molecule has 2 amide bonds. The van der Waals surface area contributed by atoms with Crippen molar-refractivity contribution in [1.29, 1.82) is 0 Å². The van der Waals surface area contributed by atoms with Gasteiger partial charge in [-0.3, -0.25) is 14.3 Å². The van der Waals surface area contributed by atoms with Crippen LogP contribution < -0.4 is 15.4 Å². The van der Waals surface area contributed by atoms with E-state index in [0.29, 0.717) is 30.4 Å². The Morgan fingerprint density at radius 1 is 1.06 bits per heavy atom. The zero-order chi connectivity index (χ0) is 24.6. The number of carbonyl (C=O) groups is 2. The summed E-state index contributed by atoms with van der Waals surface area (Å²) in [6.07, 6.45) is 2.87. The molecule has 0 atom stereocenters. The van der Waals surface area contributed by atoms with Gasteiger partial charge in [0.25, 0.3) is 11.8 Å². The molecule has 1 aromatic carbocycles. The van der Waals surface area contributed by atoms with Crippen LogP contribution in [0.4, 0.5) is 13.2 Å². The van der Waals surface area contributed by atoms with Crippen LogP contribution in [0.5, 0.6) is 5.75 Å². The van der Waals surface area contributed by atoms with E-state index in [-0.39, 0.29) is 19.0 Å². The molecule has 1 saturated carbocycles. The smallest absolute Gasteiger partial charge is 0.435 e. The third-order valence-corrected chi connectivity index (χ3v) is 5.89. The Morgan fingerprint density at radius 2 is 1.71 bits per heavy atom. The Labute approximate surface area is 197 Å². The van der Waals surface area contributed by atoms with Crippen molar-refractivity contribution in [2.75, 3.05) is 19.7 Å². The monoisotopic (exact) mass is 480 g/mol. The highest BCUT2D eigenvalue weighted by Crippen LogP contribution is 2.31. The molecule has 1 heterocycles. The summed E-state index contributed by atoms with van der Waals surface area (Å²) in [6.45, 7) is 2.76. The highest BCUT2D eigenvalue weighted by molar-refractivity contribution is 5.96. The Hall–Kier alpha value is -3.04. The minimum absolute atomic E-state index is 0.0217. The van der Waals surface area contributed by atoms with Crippen LogP contribution in [0.3, 0.4) is 0 Å². The number of aromatic nitrogens is 2. The quantitative estimate of drug-likeness (QED) is 0.493. The Kier molecular flexibility index (Phi) is 8.95. The first kappa shape index (κ1) is 25.6. The summed E-state index contributed by atoms with van der Waals surface area (Å²) in [4.78, 5) is 24.6. The summed E-state index contributed by atoms with van der Waals surface area (Å²) >= 11 is 0. The number of alkyl halides is 3. The van der Waals surface area contributed by atoms with E-state index in [1.54, 1.807) is 24.3 Å². The van der Waals surface area contributed by atoms with Gasteiger partial charge >= 0.3 is 6.18 Å². The number of hydrogen-bond donors (Lipinski definition) is 2. The van der Waals surface area contributed by atoms with Gasteiger partial charge in [-0.15, -0.1) is 0 Å². The second kappa shape index (κ2) is 11.9. The molecule has 2 N–H and O–H groups in total. The molecule has 7 nitrogen and oxygen atoms in total. The maximum atomic E-state index is 13.5. The minimum atomic E-state index is -4.73. The highest BCUT2D eigenvalue weighted by Gasteiger charge is 2.39. The first-order valence-electron chi connectivity index (χ1n) is 11.7. The van der Waals surface area contributed by atoms with Crippen molar-refractivity contribution in [3.8, 4) is 5.75 Å². The van der Waals surface area contributed by atoms with Crippen molar-refractivity contribution in [3.63, 3.8) is 0 Å². The SMILES string of the molecule is CCOc1ccc(C(=O)NCCNC(=O)c2cn(CCC3CCCCC3)nc2C(F)(F)F)cc1. The van der Waals surface area contributed by atoms with E-state index in [9.17, 15) is 22.8 Å². The van der Waals surface area contributed by atoms with Crippen LogP contribution in [0.2, 0.25) is 0 Å². The van der Waals surface area contributed by atoms with Gasteiger partial charge in [0.2, 0.25) is 0 Å². The van der Waals surface area contributed by atoms with E-state index < -0.39 is 23.3 Å². The molecule has 2 aromatic rings. The lowest BCUT2D eigenvalue weighted by Gasteiger charge is -2.21. The molecular weight excluding hydrogens is 449 g/mol. The lowest BCUT2D eigenvalue weighted by molar-refractivity contribution is -0.141. The van der Waals surface area contributed by atoms with E-state index >= 15 is 0 Å². The van der Waals surface area contributed by atoms with Crippen LogP contribution in [0.25, 0.3) is 0 Å². The third kappa shape index (κ3) is 7.23. The number of halogens is 3. The number of ether oxygens (including phenoxy) is 1. The van der Waals surface area contributed by atoms with Crippen molar-refractivity contribution in [1.82, 2.24) is 20.4 Å². The number of aryl methyl sites for hydroxylation is 1. The summed E-state index contributed by atoms with van der Waals surface area (Å²) in [7, 11) is 0. The fourth-order valence-corrected chi connectivity index (χ4v) is 4.12. The van der Waals surface area contributed by atoms with Gasteiger partial charge in [0.05, 0.1) is 12.2 Å². The van der Waals surface area contributed by atoms with E-state index in [1.807, 2.05) is 6.92 Å². The maximum Gasteiger partial charge on any atom is 0.435 e. The fraction of sp³-hybridized carbons (Fsp3) is 0.542. The van der Waals surface area contributed by atoms with Gasteiger partial charge in [-0.05, 0) is 43.5 Å². The number of nitrogens with one attached hydrogen (secondary N) is 2. The first-order chi connectivity index (χ1) is 16.3. The van der Waals surface area contributed by atoms with Gasteiger partial charge in [-0.25, -0.2) is 0 Å². The van der Waals surface area contributed by atoms with Gasteiger partial charge in [0, 0.05) is 31.4 Å². The van der Waals surface area contributed by atoms with Crippen LogP contribution in [-0.4, -0.2) is 41.3 Å². The number of rotatable bonds is 10.